The van der Waals surface area contributed by atoms with Gasteiger partial charge in [-0.25, -0.2) is 0 Å². The Balaban J connectivity index is 1.35. The highest BCUT2D eigenvalue weighted by Gasteiger charge is 2.28. The number of nitrogens with zero attached hydrogens (tertiary/aromatic N) is 1. The standard InChI is InChI=1S/C16H24N2O3/c19-16(15-11-14(18-21-15)12-7-8-12)17-9-10-20-13-5-3-1-2-4-6-13/h11-13H,1-10H2,(H,17,19). The van der Waals surface area contributed by atoms with Crippen molar-refractivity contribution in [1.82, 2.24) is 10.5 Å². The molecule has 1 aromatic rings. The molecule has 0 bridgehead atoms. The zero-order valence-electron chi connectivity index (χ0n) is 12.5. The molecule has 21 heavy (non-hydrogen) atoms. The summed E-state index contributed by atoms with van der Waals surface area (Å²) in [6, 6.07) is 1.76. The average Bonchev–Trinajstić information content (AvgIpc) is 3.28. The number of nitrogens with one attached hydrogen (secondary N) is 1. The van der Waals surface area contributed by atoms with E-state index in [9.17, 15) is 4.79 Å². The monoisotopic (exact) mass is 292 g/mol. The average molecular weight is 292 g/mol. The lowest BCUT2D eigenvalue weighted by molar-refractivity contribution is 0.0438. The molecular formula is C16H24N2O3. The van der Waals surface area contributed by atoms with E-state index in [2.05, 4.69) is 10.5 Å². The van der Waals surface area contributed by atoms with E-state index in [0.717, 1.165) is 31.4 Å². The van der Waals surface area contributed by atoms with Gasteiger partial charge in [0.1, 0.15) is 0 Å². The van der Waals surface area contributed by atoms with Crippen molar-refractivity contribution in [2.45, 2.75) is 63.4 Å². The lowest BCUT2D eigenvalue weighted by Gasteiger charge is -2.15. The molecule has 1 amide bonds. The molecule has 0 saturated heterocycles. The summed E-state index contributed by atoms with van der Waals surface area (Å²) < 4.78 is 10.9. The van der Waals surface area contributed by atoms with E-state index in [1.165, 1.54) is 25.7 Å². The fourth-order valence-corrected chi connectivity index (χ4v) is 2.85. The molecule has 116 valence electrons. The van der Waals surface area contributed by atoms with Crippen LogP contribution in [0, 0.1) is 0 Å². The van der Waals surface area contributed by atoms with Crippen LogP contribution < -0.4 is 5.32 Å². The second kappa shape index (κ2) is 7.07. The number of carbonyl (C=O) groups excluding carboxylic acids is 1. The smallest absolute Gasteiger partial charge is 0.289 e. The molecule has 3 rings (SSSR count). The van der Waals surface area contributed by atoms with Gasteiger partial charge in [-0.05, 0) is 25.7 Å². The molecule has 2 aliphatic rings. The molecule has 0 atom stereocenters. The highest BCUT2D eigenvalue weighted by atomic mass is 16.5. The van der Waals surface area contributed by atoms with E-state index in [-0.39, 0.29) is 5.91 Å². The van der Waals surface area contributed by atoms with Gasteiger partial charge in [-0.15, -0.1) is 0 Å². The summed E-state index contributed by atoms with van der Waals surface area (Å²) in [7, 11) is 0. The number of rotatable bonds is 6. The van der Waals surface area contributed by atoms with Crippen LogP contribution >= 0.6 is 0 Å². The van der Waals surface area contributed by atoms with Gasteiger partial charge in [-0.1, -0.05) is 30.8 Å². The highest BCUT2D eigenvalue weighted by Crippen LogP contribution is 2.39. The lowest BCUT2D eigenvalue weighted by Crippen LogP contribution is -2.28. The minimum Gasteiger partial charge on any atom is -0.376 e. The Morgan fingerprint density at radius 1 is 1.24 bits per heavy atom. The van der Waals surface area contributed by atoms with Gasteiger partial charge < -0.3 is 14.6 Å². The molecule has 5 heteroatoms. The van der Waals surface area contributed by atoms with Gasteiger partial charge in [0.05, 0.1) is 18.4 Å². The van der Waals surface area contributed by atoms with Crippen molar-refractivity contribution in [1.29, 1.82) is 0 Å². The van der Waals surface area contributed by atoms with Gasteiger partial charge in [0.25, 0.3) is 5.91 Å². The van der Waals surface area contributed by atoms with Crippen molar-refractivity contribution in [3.05, 3.63) is 17.5 Å². The largest absolute Gasteiger partial charge is 0.376 e. The maximum atomic E-state index is 11.9. The lowest BCUT2D eigenvalue weighted by atomic mass is 10.1. The third kappa shape index (κ3) is 4.30. The van der Waals surface area contributed by atoms with E-state index in [0.29, 0.717) is 30.9 Å². The van der Waals surface area contributed by atoms with Crippen molar-refractivity contribution in [2.24, 2.45) is 0 Å². The maximum absolute atomic E-state index is 11.9. The van der Waals surface area contributed by atoms with E-state index in [1.807, 2.05) is 0 Å². The molecule has 2 saturated carbocycles. The van der Waals surface area contributed by atoms with Gasteiger partial charge in [-0.3, -0.25) is 4.79 Å². The molecular weight excluding hydrogens is 268 g/mol. The van der Waals surface area contributed by atoms with Crippen LogP contribution in [0.1, 0.15) is 73.5 Å². The number of hydrogen-bond donors (Lipinski definition) is 1. The van der Waals surface area contributed by atoms with Crippen molar-refractivity contribution < 1.29 is 14.1 Å². The second-order valence-electron chi connectivity index (χ2n) is 6.13. The number of hydrogen-bond acceptors (Lipinski definition) is 4. The van der Waals surface area contributed by atoms with Crippen molar-refractivity contribution in [3.8, 4) is 0 Å². The Morgan fingerprint density at radius 2 is 2.00 bits per heavy atom. The predicted molar refractivity (Wildman–Crippen MR) is 78.3 cm³/mol. The van der Waals surface area contributed by atoms with Gasteiger partial charge >= 0.3 is 0 Å². The molecule has 0 aromatic carbocycles. The zero-order valence-corrected chi connectivity index (χ0v) is 12.5. The minimum atomic E-state index is -0.195. The van der Waals surface area contributed by atoms with Crippen molar-refractivity contribution in [2.75, 3.05) is 13.2 Å². The topological polar surface area (TPSA) is 64.4 Å². The van der Waals surface area contributed by atoms with E-state index in [1.54, 1.807) is 6.07 Å². The molecule has 1 heterocycles. The Hall–Kier alpha value is -1.36. The summed E-state index contributed by atoms with van der Waals surface area (Å²) in [5, 5.41) is 6.77. The first-order valence-corrected chi connectivity index (χ1v) is 8.19. The van der Waals surface area contributed by atoms with Crippen LogP contribution in [0.3, 0.4) is 0 Å². The summed E-state index contributed by atoms with van der Waals surface area (Å²) in [5.74, 6) is 0.624. The molecule has 2 aliphatic carbocycles. The SMILES string of the molecule is O=C(NCCOC1CCCCCC1)c1cc(C2CC2)no1. The van der Waals surface area contributed by atoms with Crippen LogP contribution in [0.15, 0.2) is 10.6 Å². The normalized spacial score (nSPS) is 20.2. The summed E-state index contributed by atoms with van der Waals surface area (Å²) in [6.45, 7) is 1.09. The molecule has 1 N–H and O–H groups in total. The van der Waals surface area contributed by atoms with Gasteiger partial charge in [0, 0.05) is 18.5 Å². The Kier molecular flexibility index (Phi) is 4.91. The van der Waals surface area contributed by atoms with Crippen LogP contribution in [-0.2, 0) is 4.74 Å². The highest BCUT2D eigenvalue weighted by molar-refractivity contribution is 5.91. The van der Waals surface area contributed by atoms with Gasteiger partial charge in [0.15, 0.2) is 0 Å². The van der Waals surface area contributed by atoms with Crippen LogP contribution in [0.4, 0.5) is 0 Å². The first kappa shape index (κ1) is 14.6. The molecule has 0 unspecified atom stereocenters. The quantitative estimate of drug-likeness (QED) is 0.646. The van der Waals surface area contributed by atoms with E-state index < -0.39 is 0 Å². The Morgan fingerprint density at radius 3 is 2.71 bits per heavy atom. The summed E-state index contributed by atoms with van der Waals surface area (Å²) >= 11 is 0. The van der Waals surface area contributed by atoms with Crippen LogP contribution in [0.25, 0.3) is 0 Å². The summed E-state index contributed by atoms with van der Waals surface area (Å²) in [6.07, 6.45) is 10.2. The molecule has 0 radical (unpaired) electrons. The Labute approximate surface area is 125 Å². The van der Waals surface area contributed by atoms with Crippen molar-refractivity contribution in [3.63, 3.8) is 0 Å². The molecule has 0 aliphatic heterocycles. The number of amides is 1. The predicted octanol–water partition coefficient (Wildman–Crippen LogP) is 3.02. The first-order chi connectivity index (χ1) is 10.3. The first-order valence-electron chi connectivity index (χ1n) is 8.19. The van der Waals surface area contributed by atoms with Gasteiger partial charge in [-0.2, -0.15) is 0 Å². The van der Waals surface area contributed by atoms with Crippen LogP contribution in [0.5, 0.6) is 0 Å². The van der Waals surface area contributed by atoms with Crippen LogP contribution in [-0.4, -0.2) is 30.3 Å². The number of carbonyl (C=O) groups is 1. The molecule has 5 nitrogen and oxygen atoms in total. The summed E-state index contributed by atoms with van der Waals surface area (Å²) in [5.41, 5.74) is 0.912. The van der Waals surface area contributed by atoms with Gasteiger partial charge in [0.2, 0.25) is 5.76 Å². The molecule has 2 fully saturated rings. The van der Waals surface area contributed by atoms with E-state index >= 15 is 0 Å². The third-order valence-corrected chi connectivity index (χ3v) is 4.29. The Bertz CT molecular complexity index is 460. The van der Waals surface area contributed by atoms with E-state index in [4.69, 9.17) is 9.26 Å². The van der Waals surface area contributed by atoms with Crippen LogP contribution in [0.2, 0.25) is 0 Å². The number of aromatic nitrogens is 1. The fraction of sp³-hybridized carbons (Fsp3) is 0.750. The number of ether oxygens (including phenoxy) is 1. The second-order valence-corrected chi connectivity index (χ2v) is 6.13. The maximum Gasteiger partial charge on any atom is 0.289 e. The minimum absolute atomic E-state index is 0.195. The third-order valence-electron chi connectivity index (χ3n) is 4.29. The summed E-state index contributed by atoms with van der Waals surface area (Å²) in [4.78, 5) is 11.9. The van der Waals surface area contributed by atoms with Crippen molar-refractivity contribution >= 4 is 5.91 Å². The fourth-order valence-electron chi connectivity index (χ4n) is 2.85. The molecule has 0 spiro atoms. The zero-order chi connectivity index (χ0) is 14.5. The molecule has 1 aromatic heterocycles.